The summed E-state index contributed by atoms with van der Waals surface area (Å²) in [5, 5.41) is 18.5. The van der Waals surface area contributed by atoms with Crippen LogP contribution in [-0.4, -0.2) is 17.0 Å². The van der Waals surface area contributed by atoms with Crippen molar-refractivity contribution < 1.29 is 9.34 Å². The van der Waals surface area contributed by atoms with Gasteiger partial charge < -0.3 is 10.2 Å². The number of rotatable bonds is 5. The minimum Gasteiger partial charge on any atom is -0.455 e. The maximum atomic E-state index is 10.7. The van der Waals surface area contributed by atoms with Crippen LogP contribution in [0.25, 0.3) is 11.3 Å². The van der Waals surface area contributed by atoms with Crippen LogP contribution in [0.4, 0.5) is 5.69 Å². The number of nitro groups is 1. The van der Waals surface area contributed by atoms with E-state index in [1.807, 2.05) is 30.3 Å². The van der Waals surface area contributed by atoms with Crippen molar-refractivity contribution in [2.75, 3.05) is 0 Å². The highest BCUT2D eigenvalue weighted by atomic mass is 16.6. The largest absolute Gasteiger partial charge is 0.455 e. The van der Waals surface area contributed by atoms with E-state index in [2.05, 4.69) is 10.2 Å². The van der Waals surface area contributed by atoms with Crippen LogP contribution in [0.2, 0.25) is 0 Å². The fraction of sp³-hybridized carbons (Fsp3) is 0. The van der Waals surface area contributed by atoms with E-state index < -0.39 is 4.92 Å². The van der Waals surface area contributed by atoms with E-state index in [0.717, 1.165) is 11.1 Å². The molecule has 25 heavy (non-hydrogen) atoms. The first-order valence-electron chi connectivity index (χ1n) is 7.40. The third-order valence-corrected chi connectivity index (χ3v) is 3.41. The normalized spacial score (nSPS) is 11.8. The van der Waals surface area contributed by atoms with Crippen molar-refractivity contribution in [3.8, 4) is 11.3 Å². The second-order valence-electron chi connectivity index (χ2n) is 5.10. The molecular formula is C18H14N4O3. The number of non-ortho nitro benzene ring substituents is 1. The molecule has 0 unspecified atom stereocenters. The van der Waals surface area contributed by atoms with E-state index in [-0.39, 0.29) is 5.69 Å². The molecule has 3 aromatic rings. The molecule has 0 saturated carbocycles. The summed E-state index contributed by atoms with van der Waals surface area (Å²) < 4.78 is 5.63. The number of nitro benzene ring substituents is 1. The van der Waals surface area contributed by atoms with Crippen LogP contribution in [0.1, 0.15) is 11.3 Å². The molecule has 0 radical (unpaired) electrons. The topological polar surface area (TPSA) is 107 Å². The SMILES string of the molecule is N/C(=N\N=C\c1ccc(-c2ccc([N+](=O)[O-])cc2)o1)c1ccccc1. The molecule has 0 saturated heterocycles. The fourth-order valence-electron chi connectivity index (χ4n) is 2.14. The molecule has 7 nitrogen and oxygen atoms in total. The second kappa shape index (κ2) is 7.22. The zero-order valence-corrected chi connectivity index (χ0v) is 13.1. The standard InChI is InChI=1S/C18H14N4O3/c19-18(14-4-2-1-3-5-14)21-20-12-16-10-11-17(25-16)13-6-8-15(9-7-13)22(23)24/h1-12H,(H2,19,21)/b20-12+. The monoisotopic (exact) mass is 334 g/mol. The molecule has 0 atom stereocenters. The molecule has 0 aliphatic carbocycles. The highest BCUT2D eigenvalue weighted by Crippen LogP contribution is 2.24. The molecule has 3 rings (SSSR count). The lowest BCUT2D eigenvalue weighted by molar-refractivity contribution is -0.384. The van der Waals surface area contributed by atoms with Gasteiger partial charge in [-0.2, -0.15) is 5.10 Å². The molecule has 0 fully saturated rings. The summed E-state index contributed by atoms with van der Waals surface area (Å²) in [7, 11) is 0. The van der Waals surface area contributed by atoms with Gasteiger partial charge in [0.15, 0.2) is 5.84 Å². The summed E-state index contributed by atoms with van der Waals surface area (Å²) in [5.74, 6) is 1.38. The average Bonchev–Trinajstić information content (AvgIpc) is 3.11. The third-order valence-electron chi connectivity index (χ3n) is 3.41. The van der Waals surface area contributed by atoms with Crippen molar-refractivity contribution in [2.24, 2.45) is 15.9 Å². The van der Waals surface area contributed by atoms with Gasteiger partial charge in [0, 0.05) is 23.3 Å². The number of furan rings is 1. The van der Waals surface area contributed by atoms with E-state index in [0.29, 0.717) is 17.4 Å². The Balaban J connectivity index is 1.72. The van der Waals surface area contributed by atoms with Crippen LogP contribution in [0.3, 0.4) is 0 Å². The summed E-state index contributed by atoms with van der Waals surface area (Å²) in [5.41, 5.74) is 7.39. The number of nitrogens with two attached hydrogens (primary N) is 1. The van der Waals surface area contributed by atoms with Crippen LogP contribution >= 0.6 is 0 Å². The average molecular weight is 334 g/mol. The predicted octanol–water partition coefficient (Wildman–Crippen LogP) is 3.59. The Bertz CT molecular complexity index is 928. The Morgan fingerprint density at radius 2 is 1.76 bits per heavy atom. The number of hydrogen-bond donors (Lipinski definition) is 1. The smallest absolute Gasteiger partial charge is 0.269 e. The van der Waals surface area contributed by atoms with E-state index in [1.165, 1.54) is 18.3 Å². The molecule has 0 amide bonds. The van der Waals surface area contributed by atoms with E-state index in [4.69, 9.17) is 10.2 Å². The van der Waals surface area contributed by atoms with Crippen molar-refractivity contribution >= 4 is 17.7 Å². The molecule has 2 aromatic carbocycles. The Kier molecular flexibility index (Phi) is 4.66. The predicted molar refractivity (Wildman–Crippen MR) is 95.6 cm³/mol. The van der Waals surface area contributed by atoms with E-state index >= 15 is 0 Å². The van der Waals surface area contributed by atoms with Crippen LogP contribution in [0.5, 0.6) is 0 Å². The number of nitrogens with zero attached hydrogens (tertiary/aromatic N) is 3. The lowest BCUT2D eigenvalue weighted by Crippen LogP contribution is -2.12. The number of hydrogen-bond acceptors (Lipinski definition) is 5. The van der Waals surface area contributed by atoms with Gasteiger partial charge in [-0.05, 0) is 24.3 Å². The van der Waals surface area contributed by atoms with Crippen molar-refractivity contribution in [1.82, 2.24) is 0 Å². The Morgan fingerprint density at radius 1 is 1.04 bits per heavy atom. The molecule has 2 N–H and O–H groups in total. The first-order chi connectivity index (χ1) is 12.1. The van der Waals surface area contributed by atoms with Crippen molar-refractivity contribution in [2.45, 2.75) is 0 Å². The van der Waals surface area contributed by atoms with Crippen LogP contribution in [0.15, 0.2) is 81.4 Å². The van der Waals surface area contributed by atoms with Gasteiger partial charge in [-0.15, -0.1) is 5.10 Å². The van der Waals surface area contributed by atoms with E-state index in [9.17, 15) is 10.1 Å². The Labute approximate surface area is 143 Å². The molecule has 1 heterocycles. The zero-order chi connectivity index (χ0) is 17.6. The van der Waals surface area contributed by atoms with Crippen molar-refractivity contribution in [3.63, 3.8) is 0 Å². The summed E-state index contributed by atoms with van der Waals surface area (Å²) >= 11 is 0. The van der Waals surface area contributed by atoms with Gasteiger partial charge in [-0.25, -0.2) is 0 Å². The summed E-state index contributed by atoms with van der Waals surface area (Å²) in [6, 6.07) is 18.9. The van der Waals surface area contributed by atoms with Crippen LogP contribution in [-0.2, 0) is 0 Å². The van der Waals surface area contributed by atoms with Crippen LogP contribution < -0.4 is 5.73 Å². The highest BCUT2D eigenvalue weighted by molar-refractivity contribution is 5.97. The fourth-order valence-corrected chi connectivity index (χ4v) is 2.14. The molecule has 0 spiro atoms. The third kappa shape index (κ3) is 3.97. The Hall–Kier alpha value is -3.74. The van der Waals surface area contributed by atoms with E-state index in [1.54, 1.807) is 24.3 Å². The zero-order valence-electron chi connectivity index (χ0n) is 13.1. The van der Waals surface area contributed by atoms with Gasteiger partial charge >= 0.3 is 0 Å². The highest BCUT2D eigenvalue weighted by Gasteiger charge is 2.07. The van der Waals surface area contributed by atoms with Gasteiger partial charge in [0.2, 0.25) is 0 Å². The lowest BCUT2D eigenvalue weighted by Gasteiger charge is -1.96. The second-order valence-corrected chi connectivity index (χ2v) is 5.10. The maximum absolute atomic E-state index is 10.7. The van der Waals surface area contributed by atoms with Gasteiger partial charge in [0.1, 0.15) is 11.5 Å². The van der Waals surface area contributed by atoms with Crippen molar-refractivity contribution in [1.29, 1.82) is 0 Å². The molecule has 0 aliphatic rings. The van der Waals surface area contributed by atoms with Gasteiger partial charge in [0.25, 0.3) is 5.69 Å². The van der Waals surface area contributed by atoms with Gasteiger partial charge in [0.05, 0.1) is 11.1 Å². The molecule has 7 heteroatoms. The summed E-state index contributed by atoms with van der Waals surface area (Å²) in [4.78, 5) is 10.2. The first-order valence-corrected chi connectivity index (χ1v) is 7.40. The maximum Gasteiger partial charge on any atom is 0.269 e. The molecule has 0 aliphatic heterocycles. The molecular weight excluding hydrogens is 320 g/mol. The number of amidine groups is 1. The minimum atomic E-state index is -0.445. The van der Waals surface area contributed by atoms with Crippen LogP contribution in [0, 0.1) is 10.1 Å². The molecule has 1 aromatic heterocycles. The quantitative estimate of drug-likeness (QED) is 0.333. The van der Waals surface area contributed by atoms with Crippen molar-refractivity contribution in [3.05, 3.63) is 88.2 Å². The number of benzene rings is 2. The summed E-state index contributed by atoms with van der Waals surface area (Å²) in [6.45, 7) is 0. The Morgan fingerprint density at radius 3 is 2.44 bits per heavy atom. The summed E-state index contributed by atoms with van der Waals surface area (Å²) in [6.07, 6.45) is 1.45. The van der Waals surface area contributed by atoms with Gasteiger partial charge in [-0.3, -0.25) is 10.1 Å². The lowest BCUT2D eigenvalue weighted by atomic mass is 10.1. The molecule has 0 bridgehead atoms. The first kappa shape index (κ1) is 16.1. The molecule has 124 valence electrons. The minimum absolute atomic E-state index is 0.0304. The van der Waals surface area contributed by atoms with Gasteiger partial charge in [-0.1, -0.05) is 30.3 Å².